The van der Waals surface area contributed by atoms with Crippen LogP contribution in [-0.2, 0) is 21.1 Å². The second kappa shape index (κ2) is 5.79. The molecule has 0 fully saturated rings. The predicted molar refractivity (Wildman–Crippen MR) is 41.5 cm³/mol. The average Bonchev–Trinajstić information content (AvgIpc) is 1.64. The van der Waals surface area contributed by atoms with Crippen molar-refractivity contribution < 1.29 is 21.1 Å². The molecule has 0 amide bonds. The van der Waals surface area contributed by atoms with Crippen LogP contribution in [0.4, 0.5) is 0 Å². The first-order chi connectivity index (χ1) is 3.98. The van der Waals surface area contributed by atoms with E-state index >= 15 is 0 Å². The summed E-state index contributed by atoms with van der Waals surface area (Å²) in [6, 6.07) is 0. The van der Waals surface area contributed by atoms with Crippen LogP contribution in [0.5, 0.6) is 0 Å². The summed E-state index contributed by atoms with van der Waals surface area (Å²) >= 11 is 11.1. The molecular formula is C5H12Cl2N2Pt+2. The maximum Gasteiger partial charge on any atom is 2.00 e. The standard InChI is InChI=1S/C5H12Cl2N2.Pt/c1-4(2-3-8)5(6,7)9;/h4H,2-3,8-9H2,1H3;/q;+2. The molecule has 0 aromatic heterocycles. The van der Waals surface area contributed by atoms with Gasteiger partial charge in [0.05, 0.1) is 0 Å². The van der Waals surface area contributed by atoms with Crippen LogP contribution in [0, 0.1) is 5.92 Å². The van der Waals surface area contributed by atoms with Crippen LogP contribution in [0.3, 0.4) is 0 Å². The van der Waals surface area contributed by atoms with Crippen molar-refractivity contribution in [3.05, 3.63) is 0 Å². The average molecular weight is 366 g/mol. The van der Waals surface area contributed by atoms with E-state index in [1.807, 2.05) is 6.92 Å². The fourth-order valence-corrected chi connectivity index (χ4v) is 0.661. The molecule has 1 unspecified atom stereocenters. The quantitative estimate of drug-likeness (QED) is 0.580. The van der Waals surface area contributed by atoms with Gasteiger partial charge in [0.25, 0.3) is 0 Å². The van der Waals surface area contributed by atoms with Crippen LogP contribution in [0.15, 0.2) is 0 Å². The van der Waals surface area contributed by atoms with E-state index < -0.39 is 4.46 Å². The van der Waals surface area contributed by atoms with Gasteiger partial charge in [0.2, 0.25) is 0 Å². The third-order valence-corrected chi connectivity index (χ3v) is 2.00. The Balaban J connectivity index is 0. The first kappa shape index (κ1) is 13.8. The molecule has 5 heteroatoms. The molecule has 0 aliphatic carbocycles. The Morgan fingerprint density at radius 3 is 2.00 bits per heavy atom. The molecule has 0 aromatic rings. The van der Waals surface area contributed by atoms with Gasteiger partial charge >= 0.3 is 21.1 Å². The Morgan fingerprint density at radius 2 is 1.90 bits per heavy atom. The number of halogens is 2. The van der Waals surface area contributed by atoms with Gasteiger partial charge in [-0.25, -0.2) is 0 Å². The second-order valence-corrected chi connectivity index (χ2v) is 3.60. The van der Waals surface area contributed by atoms with Crippen molar-refractivity contribution in [3.8, 4) is 0 Å². The van der Waals surface area contributed by atoms with Gasteiger partial charge in [-0.3, -0.25) is 5.73 Å². The largest absolute Gasteiger partial charge is 2.00 e. The first-order valence-corrected chi connectivity index (χ1v) is 3.61. The Kier molecular flexibility index (Phi) is 7.96. The van der Waals surface area contributed by atoms with Crippen LogP contribution in [0.2, 0.25) is 0 Å². The minimum atomic E-state index is -1.13. The first-order valence-electron chi connectivity index (χ1n) is 2.85. The maximum atomic E-state index is 5.55. The van der Waals surface area contributed by atoms with Crippen LogP contribution in [-0.4, -0.2) is 11.0 Å². The molecule has 0 radical (unpaired) electrons. The molecule has 2 nitrogen and oxygen atoms in total. The molecule has 0 aromatic carbocycles. The van der Waals surface area contributed by atoms with Gasteiger partial charge in [-0.15, -0.1) is 0 Å². The van der Waals surface area contributed by atoms with Crippen molar-refractivity contribution in [1.82, 2.24) is 0 Å². The van der Waals surface area contributed by atoms with Gasteiger partial charge in [0.15, 0.2) is 4.46 Å². The van der Waals surface area contributed by atoms with E-state index in [1.165, 1.54) is 0 Å². The molecule has 0 aliphatic rings. The molecule has 4 N–H and O–H groups in total. The topological polar surface area (TPSA) is 52.0 Å². The van der Waals surface area contributed by atoms with E-state index in [4.69, 9.17) is 34.7 Å². The van der Waals surface area contributed by atoms with Crippen LogP contribution >= 0.6 is 23.2 Å². The molecule has 0 rings (SSSR count). The van der Waals surface area contributed by atoms with Crippen LogP contribution in [0.25, 0.3) is 0 Å². The number of nitrogens with two attached hydrogens (primary N) is 2. The summed E-state index contributed by atoms with van der Waals surface area (Å²) in [7, 11) is 0. The number of hydrogen-bond donors (Lipinski definition) is 2. The second-order valence-electron chi connectivity index (χ2n) is 2.15. The summed E-state index contributed by atoms with van der Waals surface area (Å²) in [5, 5.41) is 0. The van der Waals surface area contributed by atoms with Gasteiger partial charge in [0, 0.05) is 5.92 Å². The number of rotatable bonds is 3. The zero-order valence-corrected chi connectivity index (χ0v) is 9.50. The molecule has 0 saturated heterocycles. The van der Waals surface area contributed by atoms with Crippen molar-refractivity contribution in [2.24, 2.45) is 17.4 Å². The molecule has 1 atom stereocenters. The fourth-order valence-electron chi connectivity index (χ4n) is 0.442. The van der Waals surface area contributed by atoms with E-state index in [-0.39, 0.29) is 27.0 Å². The molecule has 64 valence electrons. The Morgan fingerprint density at radius 1 is 1.50 bits per heavy atom. The van der Waals surface area contributed by atoms with Gasteiger partial charge in [0.1, 0.15) is 0 Å². The summed E-state index contributed by atoms with van der Waals surface area (Å²) in [5.41, 5.74) is 10.6. The van der Waals surface area contributed by atoms with Crippen molar-refractivity contribution >= 4 is 23.2 Å². The van der Waals surface area contributed by atoms with Crippen LogP contribution in [0.1, 0.15) is 13.3 Å². The van der Waals surface area contributed by atoms with Gasteiger partial charge in [-0.05, 0) is 13.0 Å². The SMILES string of the molecule is CC(CCN)C(N)(Cl)Cl.[Pt+2]. The van der Waals surface area contributed by atoms with E-state index in [0.717, 1.165) is 6.42 Å². The zero-order valence-electron chi connectivity index (χ0n) is 5.72. The van der Waals surface area contributed by atoms with Crippen molar-refractivity contribution in [1.29, 1.82) is 0 Å². The van der Waals surface area contributed by atoms with Crippen molar-refractivity contribution in [2.75, 3.05) is 6.54 Å². The summed E-state index contributed by atoms with van der Waals surface area (Å²) in [4.78, 5) is 0. The fraction of sp³-hybridized carbons (Fsp3) is 1.00. The maximum absolute atomic E-state index is 5.55. The third-order valence-electron chi connectivity index (χ3n) is 1.26. The minimum Gasteiger partial charge on any atom is -0.330 e. The van der Waals surface area contributed by atoms with E-state index in [2.05, 4.69) is 0 Å². The number of alkyl halides is 2. The molecule has 0 spiro atoms. The third kappa shape index (κ3) is 5.93. The van der Waals surface area contributed by atoms with Gasteiger partial charge in [-0.2, -0.15) is 0 Å². The van der Waals surface area contributed by atoms with E-state index in [1.54, 1.807) is 0 Å². The molecule has 10 heavy (non-hydrogen) atoms. The van der Waals surface area contributed by atoms with Crippen molar-refractivity contribution in [3.63, 3.8) is 0 Å². The van der Waals surface area contributed by atoms with Crippen molar-refractivity contribution in [2.45, 2.75) is 17.8 Å². The van der Waals surface area contributed by atoms with Gasteiger partial charge in [-0.1, -0.05) is 30.1 Å². The Labute approximate surface area is 85.9 Å². The molecule has 0 aliphatic heterocycles. The minimum absolute atomic E-state index is 0. The summed E-state index contributed by atoms with van der Waals surface area (Å²) < 4.78 is -1.13. The monoisotopic (exact) mass is 365 g/mol. The van der Waals surface area contributed by atoms with Crippen LogP contribution < -0.4 is 11.5 Å². The predicted octanol–water partition coefficient (Wildman–Crippen LogP) is 1.06. The molecule has 0 bridgehead atoms. The Bertz CT molecular complexity index is 84.2. The van der Waals surface area contributed by atoms with E-state index in [9.17, 15) is 0 Å². The smallest absolute Gasteiger partial charge is 0.330 e. The summed E-state index contributed by atoms with van der Waals surface area (Å²) in [6.07, 6.45) is 0.753. The van der Waals surface area contributed by atoms with E-state index in [0.29, 0.717) is 6.54 Å². The number of hydrogen-bond acceptors (Lipinski definition) is 2. The molecular weight excluding hydrogens is 354 g/mol. The summed E-state index contributed by atoms with van der Waals surface area (Å²) in [6.45, 7) is 2.44. The Hall–Kier alpha value is 1.19. The zero-order chi connectivity index (χ0) is 7.49. The normalized spacial score (nSPS) is 14.1. The molecule has 0 saturated carbocycles. The molecule has 0 heterocycles. The van der Waals surface area contributed by atoms with Gasteiger partial charge < -0.3 is 5.73 Å². The summed E-state index contributed by atoms with van der Waals surface area (Å²) in [5.74, 6) is 0.0471.